The summed E-state index contributed by atoms with van der Waals surface area (Å²) in [6, 6.07) is -0.185. The van der Waals surface area contributed by atoms with Crippen LogP contribution in [-0.4, -0.2) is 15.9 Å². The van der Waals surface area contributed by atoms with E-state index in [0.29, 0.717) is 5.82 Å². The van der Waals surface area contributed by atoms with E-state index in [1.807, 2.05) is 11.8 Å². The lowest BCUT2D eigenvalue weighted by atomic mass is 9.87. The lowest BCUT2D eigenvalue weighted by Gasteiger charge is -2.23. The number of rotatable bonds is 2. The van der Waals surface area contributed by atoms with E-state index in [2.05, 4.69) is 37.8 Å². The quantitative estimate of drug-likeness (QED) is 0.880. The van der Waals surface area contributed by atoms with Crippen LogP contribution in [0.2, 0.25) is 0 Å². The maximum atomic E-state index is 6.14. The molecule has 0 bridgehead atoms. The largest absolute Gasteiger partial charge is 0.338 e. The number of hydrogen-bond acceptors (Lipinski definition) is 5. The lowest BCUT2D eigenvalue weighted by molar-refractivity contribution is 0.296. The van der Waals surface area contributed by atoms with Crippen LogP contribution < -0.4 is 5.73 Å². The van der Waals surface area contributed by atoms with Crippen LogP contribution in [0.15, 0.2) is 4.52 Å². The monoisotopic (exact) mass is 255 g/mol. The molecule has 1 saturated heterocycles. The van der Waals surface area contributed by atoms with E-state index in [1.54, 1.807) is 0 Å². The first-order chi connectivity index (χ1) is 7.83. The van der Waals surface area contributed by atoms with Gasteiger partial charge in [0, 0.05) is 0 Å². The Balaban J connectivity index is 2.21. The first kappa shape index (κ1) is 12.9. The van der Waals surface area contributed by atoms with Crippen molar-refractivity contribution in [1.29, 1.82) is 0 Å². The van der Waals surface area contributed by atoms with E-state index in [-0.39, 0.29) is 16.2 Å². The van der Waals surface area contributed by atoms with Crippen LogP contribution >= 0.6 is 11.8 Å². The molecule has 1 aromatic rings. The summed E-state index contributed by atoms with van der Waals surface area (Å²) in [4.78, 5) is 4.51. The zero-order valence-corrected chi connectivity index (χ0v) is 11.8. The zero-order chi connectivity index (χ0) is 12.7. The molecule has 2 unspecified atom stereocenters. The minimum atomic E-state index is -0.185. The highest BCUT2D eigenvalue weighted by Crippen LogP contribution is 2.45. The highest BCUT2D eigenvalue weighted by molar-refractivity contribution is 8.00. The number of nitrogens with two attached hydrogens (primary N) is 1. The molecule has 2 N–H and O–H groups in total. The standard InChI is InChI=1S/C12H21N3OS/c1-11(2,3)8(13)9-14-10(16-15-9)12(4)6-5-7-17-12/h8H,5-7,13H2,1-4H3. The van der Waals surface area contributed by atoms with E-state index >= 15 is 0 Å². The molecular formula is C12H21N3OS. The Kier molecular flexibility index (Phi) is 3.25. The third kappa shape index (κ3) is 2.50. The van der Waals surface area contributed by atoms with Gasteiger partial charge in [-0.1, -0.05) is 25.9 Å². The van der Waals surface area contributed by atoms with Crippen LogP contribution in [0.4, 0.5) is 0 Å². The van der Waals surface area contributed by atoms with Crippen molar-refractivity contribution in [3.05, 3.63) is 11.7 Å². The second-order valence-corrected chi connectivity index (χ2v) is 7.58. The van der Waals surface area contributed by atoms with Crippen LogP contribution in [0, 0.1) is 5.41 Å². The van der Waals surface area contributed by atoms with Gasteiger partial charge >= 0.3 is 0 Å². The molecule has 2 heterocycles. The normalized spacial score (nSPS) is 27.4. The molecule has 1 aliphatic heterocycles. The minimum absolute atomic E-state index is 0.0111. The molecule has 0 aliphatic carbocycles. The molecule has 1 aliphatic rings. The number of aromatic nitrogens is 2. The summed E-state index contributed by atoms with van der Waals surface area (Å²) in [6.45, 7) is 8.42. The van der Waals surface area contributed by atoms with Gasteiger partial charge in [-0.15, -0.1) is 11.8 Å². The Bertz CT molecular complexity index is 391. The molecule has 96 valence electrons. The second kappa shape index (κ2) is 4.28. The summed E-state index contributed by atoms with van der Waals surface area (Å²) in [5.41, 5.74) is 6.08. The van der Waals surface area contributed by atoms with E-state index < -0.39 is 0 Å². The highest BCUT2D eigenvalue weighted by Gasteiger charge is 2.38. The van der Waals surface area contributed by atoms with Gasteiger partial charge in [0.25, 0.3) is 0 Å². The maximum Gasteiger partial charge on any atom is 0.242 e. The van der Waals surface area contributed by atoms with Gasteiger partial charge < -0.3 is 10.3 Å². The van der Waals surface area contributed by atoms with Crippen molar-refractivity contribution in [1.82, 2.24) is 10.1 Å². The van der Waals surface area contributed by atoms with Crippen LogP contribution in [0.3, 0.4) is 0 Å². The van der Waals surface area contributed by atoms with Crippen molar-refractivity contribution >= 4 is 11.8 Å². The number of thioether (sulfide) groups is 1. The van der Waals surface area contributed by atoms with Gasteiger partial charge in [-0.25, -0.2) is 0 Å². The molecule has 0 radical (unpaired) electrons. The molecule has 1 aromatic heterocycles. The summed E-state index contributed by atoms with van der Waals surface area (Å²) in [7, 11) is 0. The molecule has 4 nitrogen and oxygen atoms in total. The van der Waals surface area contributed by atoms with Crippen LogP contribution in [-0.2, 0) is 4.75 Å². The van der Waals surface area contributed by atoms with Crippen molar-refractivity contribution in [3.63, 3.8) is 0 Å². The molecule has 2 atom stereocenters. The zero-order valence-electron chi connectivity index (χ0n) is 11.0. The van der Waals surface area contributed by atoms with E-state index in [0.717, 1.165) is 12.3 Å². The SMILES string of the molecule is CC1(c2nc(C(N)C(C)(C)C)no2)CCCS1. The van der Waals surface area contributed by atoms with Gasteiger partial charge in [0.05, 0.1) is 10.8 Å². The van der Waals surface area contributed by atoms with Crippen molar-refractivity contribution in [2.45, 2.75) is 51.3 Å². The Morgan fingerprint density at radius 1 is 1.47 bits per heavy atom. The van der Waals surface area contributed by atoms with Gasteiger partial charge in [0.15, 0.2) is 5.82 Å². The fraction of sp³-hybridized carbons (Fsp3) is 0.833. The van der Waals surface area contributed by atoms with E-state index in [4.69, 9.17) is 10.3 Å². The predicted molar refractivity (Wildman–Crippen MR) is 69.7 cm³/mol. The predicted octanol–water partition coefficient (Wildman–Crippen LogP) is 2.86. The fourth-order valence-corrected chi connectivity index (χ4v) is 3.15. The molecular weight excluding hydrogens is 234 g/mol. The van der Waals surface area contributed by atoms with Crippen LogP contribution in [0.25, 0.3) is 0 Å². The average molecular weight is 255 g/mol. The summed E-state index contributed by atoms with van der Waals surface area (Å²) >= 11 is 1.89. The van der Waals surface area contributed by atoms with Gasteiger partial charge in [-0.2, -0.15) is 4.98 Å². The summed E-state index contributed by atoms with van der Waals surface area (Å²) in [5, 5.41) is 4.05. The summed E-state index contributed by atoms with van der Waals surface area (Å²) in [5.74, 6) is 2.52. The minimum Gasteiger partial charge on any atom is -0.338 e. The van der Waals surface area contributed by atoms with Crippen molar-refractivity contribution in [2.75, 3.05) is 5.75 Å². The van der Waals surface area contributed by atoms with E-state index in [1.165, 1.54) is 12.2 Å². The molecule has 5 heteroatoms. The van der Waals surface area contributed by atoms with Crippen LogP contribution in [0.1, 0.15) is 58.3 Å². The third-order valence-electron chi connectivity index (χ3n) is 3.32. The summed E-state index contributed by atoms with van der Waals surface area (Å²) < 4.78 is 5.39. The number of hydrogen-bond donors (Lipinski definition) is 1. The first-order valence-electron chi connectivity index (χ1n) is 6.06. The lowest BCUT2D eigenvalue weighted by Crippen LogP contribution is -2.27. The molecule has 17 heavy (non-hydrogen) atoms. The molecule has 1 fully saturated rings. The second-order valence-electron chi connectivity index (χ2n) is 5.98. The van der Waals surface area contributed by atoms with E-state index in [9.17, 15) is 0 Å². The first-order valence-corrected chi connectivity index (χ1v) is 7.05. The maximum absolute atomic E-state index is 6.14. The smallest absolute Gasteiger partial charge is 0.242 e. The fourth-order valence-electron chi connectivity index (χ4n) is 1.91. The Morgan fingerprint density at radius 3 is 2.71 bits per heavy atom. The Morgan fingerprint density at radius 2 is 2.18 bits per heavy atom. The van der Waals surface area contributed by atoms with Gasteiger partial charge in [-0.3, -0.25) is 0 Å². The van der Waals surface area contributed by atoms with Crippen molar-refractivity contribution in [2.24, 2.45) is 11.1 Å². The Hall–Kier alpha value is -0.550. The number of nitrogens with zero attached hydrogens (tertiary/aromatic N) is 2. The molecule has 2 rings (SSSR count). The molecule has 0 spiro atoms. The summed E-state index contributed by atoms with van der Waals surface area (Å²) in [6.07, 6.45) is 2.31. The van der Waals surface area contributed by atoms with Gasteiger partial charge in [0.1, 0.15) is 0 Å². The van der Waals surface area contributed by atoms with Crippen LogP contribution in [0.5, 0.6) is 0 Å². The topological polar surface area (TPSA) is 64.9 Å². The Labute approximate surface area is 107 Å². The van der Waals surface area contributed by atoms with Crippen molar-refractivity contribution < 1.29 is 4.52 Å². The van der Waals surface area contributed by atoms with Crippen molar-refractivity contribution in [3.8, 4) is 0 Å². The van der Waals surface area contributed by atoms with Gasteiger partial charge in [-0.05, 0) is 30.9 Å². The van der Waals surface area contributed by atoms with Gasteiger partial charge in [0.2, 0.25) is 5.89 Å². The average Bonchev–Trinajstić information content (AvgIpc) is 2.84. The molecule has 0 aromatic carbocycles. The molecule has 0 saturated carbocycles. The third-order valence-corrected chi connectivity index (χ3v) is 4.83. The highest BCUT2D eigenvalue weighted by atomic mass is 32.2. The molecule has 0 amide bonds.